The van der Waals surface area contributed by atoms with Crippen LogP contribution >= 0.6 is 11.6 Å². The van der Waals surface area contributed by atoms with E-state index in [2.05, 4.69) is 29.9 Å². The minimum atomic E-state index is -0.848. The predicted octanol–water partition coefficient (Wildman–Crippen LogP) is 7.81. The van der Waals surface area contributed by atoms with Gasteiger partial charge in [0.15, 0.2) is 0 Å². The lowest BCUT2D eigenvalue weighted by molar-refractivity contribution is 0.0604. The van der Waals surface area contributed by atoms with E-state index in [1.54, 1.807) is 33.2 Å². The molecule has 2 N–H and O–H groups in total. The van der Waals surface area contributed by atoms with Crippen molar-refractivity contribution in [2.24, 2.45) is 10.7 Å². The molecule has 2 heterocycles. The smallest absolute Gasteiger partial charge is 0.436 e. The van der Waals surface area contributed by atoms with Crippen LogP contribution in [0.15, 0.2) is 41.7 Å². The molecule has 2 aromatic heterocycles. The van der Waals surface area contributed by atoms with Gasteiger partial charge in [0.2, 0.25) is 0 Å². The Balaban J connectivity index is 2.00. The molecule has 0 saturated heterocycles. The number of carbonyl (C=O) groups excluding carboxylic acids is 1. The van der Waals surface area contributed by atoms with Gasteiger partial charge in [0.1, 0.15) is 17.3 Å². The van der Waals surface area contributed by atoms with Crippen LogP contribution in [0.25, 0.3) is 16.5 Å². The van der Waals surface area contributed by atoms with Crippen molar-refractivity contribution in [3.05, 3.63) is 69.9 Å². The van der Waals surface area contributed by atoms with Crippen LogP contribution in [0.2, 0.25) is 5.02 Å². The van der Waals surface area contributed by atoms with Gasteiger partial charge in [0.05, 0.1) is 18.3 Å². The number of hydrogen-bond acceptors (Lipinski definition) is 3. The van der Waals surface area contributed by atoms with Gasteiger partial charge in [-0.05, 0) is 71.2 Å². The number of ether oxygens (including phenoxy) is 1. The molecule has 0 fully saturated rings. The average molecular weight is 527 g/mol. The summed E-state index contributed by atoms with van der Waals surface area (Å²) in [6.07, 6.45) is 9.32. The Morgan fingerprint density at radius 2 is 2.03 bits per heavy atom. The molecule has 8 heteroatoms. The fourth-order valence-corrected chi connectivity index (χ4v) is 4.69. The number of benzene rings is 1. The third-order valence-electron chi connectivity index (χ3n) is 6.20. The Labute approximate surface area is 223 Å². The summed E-state index contributed by atoms with van der Waals surface area (Å²) in [6.45, 7) is 11.7. The summed E-state index contributed by atoms with van der Waals surface area (Å²) in [5, 5.41) is 1.28. The first-order valence-electron chi connectivity index (χ1n) is 12.6. The highest BCUT2D eigenvalue weighted by molar-refractivity contribution is 6.31. The minimum absolute atomic E-state index is 0.166. The van der Waals surface area contributed by atoms with Crippen molar-refractivity contribution in [2.75, 3.05) is 0 Å². The van der Waals surface area contributed by atoms with Crippen molar-refractivity contribution in [3.8, 4) is 0 Å². The Kier molecular flexibility index (Phi) is 9.13. The average Bonchev–Trinajstić information content (AvgIpc) is 3.09. The second-order valence-corrected chi connectivity index (χ2v) is 10.5. The molecule has 0 saturated carbocycles. The molecule has 0 spiro atoms. The molecule has 37 heavy (non-hydrogen) atoms. The highest BCUT2D eigenvalue weighted by atomic mass is 35.5. The molecule has 3 aromatic rings. The summed E-state index contributed by atoms with van der Waals surface area (Å²) in [6, 6.07) is 4.77. The van der Waals surface area contributed by atoms with Crippen molar-refractivity contribution in [1.29, 1.82) is 0 Å². The van der Waals surface area contributed by atoms with Gasteiger partial charge in [-0.3, -0.25) is 4.98 Å². The van der Waals surface area contributed by atoms with E-state index in [4.69, 9.17) is 22.1 Å². The van der Waals surface area contributed by atoms with E-state index in [-0.39, 0.29) is 23.0 Å². The molecule has 198 valence electrons. The number of nitrogens with zero attached hydrogens (tertiary/aromatic N) is 3. The van der Waals surface area contributed by atoms with E-state index in [1.165, 1.54) is 24.1 Å². The predicted molar refractivity (Wildman–Crippen MR) is 150 cm³/mol. The van der Waals surface area contributed by atoms with E-state index in [1.807, 2.05) is 17.6 Å². The largest absolute Gasteiger partial charge is 0.442 e. The van der Waals surface area contributed by atoms with Crippen LogP contribution in [0, 0.1) is 12.7 Å². The zero-order chi connectivity index (χ0) is 27.3. The molecule has 0 aliphatic carbocycles. The van der Waals surface area contributed by atoms with Crippen LogP contribution in [0.4, 0.5) is 9.18 Å². The highest BCUT2D eigenvalue weighted by Gasteiger charge is 2.21. The number of allylic oxidation sites excluding steroid dienone is 2. The van der Waals surface area contributed by atoms with Gasteiger partial charge >= 0.3 is 6.09 Å². The van der Waals surface area contributed by atoms with E-state index >= 15 is 4.39 Å². The van der Waals surface area contributed by atoms with E-state index < -0.39 is 17.5 Å². The number of nitrogens with two attached hydrogens (primary N) is 1. The number of fused-ring (bicyclic) bond motifs is 1. The molecule has 0 unspecified atom stereocenters. The van der Waals surface area contributed by atoms with Gasteiger partial charge in [0, 0.05) is 39.0 Å². The van der Waals surface area contributed by atoms with Crippen molar-refractivity contribution >= 4 is 40.0 Å². The summed E-state index contributed by atoms with van der Waals surface area (Å²) in [5.41, 5.74) is 10.1. The molecule has 0 atom stereocenters. The fourth-order valence-electron chi connectivity index (χ4n) is 4.42. The van der Waals surface area contributed by atoms with Crippen molar-refractivity contribution in [2.45, 2.75) is 79.4 Å². The van der Waals surface area contributed by atoms with Crippen LogP contribution in [-0.2, 0) is 11.3 Å². The zero-order valence-electron chi connectivity index (χ0n) is 22.5. The molecular weight excluding hydrogens is 491 g/mol. The highest BCUT2D eigenvalue weighted by Crippen LogP contribution is 2.35. The van der Waals surface area contributed by atoms with E-state index in [0.717, 1.165) is 41.4 Å². The lowest BCUT2D eigenvalue weighted by Gasteiger charge is -2.17. The normalized spacial score (nSPS) is 12.9. The van der Waals surface area contributed by atoms with Crippen LogP contribution in [0.1, 0.15) is 82.7 Å². The standard InChI is InChI=1S/C29H36ClFN4O2/c1-7-9-10-11-19(8-2)26-18(3)35(25-16-33-13-12-21(25)26)17-22-23(30)14-20(15-24(22)31)27(32)34-28(36)37-29(4,5)6/h8,12-16H,7,9-11,17H2,1-6H3,(H2,32,34,36). The Hall–Kier alpha value is -3.19. The summed E-state index contributed by atoms with van der Waals surface area (Å²) < 4.78 is 22.6. The fraction of sp³-hybridized carbons (Fsp3) is 0.414. The molecule has 0 radical (unpaired) electrons. The second-order valence-electron chi connectivity index (χ2n) is 10.1. The van der Waals surface area contributed by atoms with E-state index in [9.17, 15) is 4.79 Å². The van der Waals surface area contributed by atoms with E-state index in [0.29, 0.717) is 5.56 Å². The molecule has 6 nitrogen and oxygen atoms in total. The van der Waals surface area contributed by atoms with Gasteiger partial charge in [0.25, 0.3) is 0 Å². The number of hydrogen-bond donors (Lipinski definition) is 1. The van der Waals surface area contributed by atoms with Crippen molar-refractivity contribution in [1.82, 2.24) is 9.55 Å². The Bertz CT molecular complexity index is 1330. The number of halogens is 2. The molecule has 1 aromatic carbocycles. The summed E-state index contributed by atoms with van der Waals surface area (Å²) in [7, 11) is 0. The van der Waals surface area contributed by atoms with Gasteiger partial charge in [-0.1, -0.05) is 37.4 Å². The molecular formula is C29H36ClFN4O2. The van der Waals surface area contributed by atoms with Gasteiger partial charge < -0.3 is 15.0 Å². The maximum atomic E-state index is 15.4. The topological polar surface area (TPSA) is 82.5 Å². The lowest BCUT2D eigenvalue weighted by atomic mass is 9.97. The number of amidine groups is 1. The third kappa shape index (κ3) is 6.77. The van der Waals surface area contributed by atoms with Crippen LogP contribution in [-0.4, -0.2) is 27.1 Å². The first kappa shape index (κ1) is 28.4. The first-order chi connectivity index (χ1) is 17.5. The quantitative estimate of drug-likeness (QED) is 0.184. The maximum absolute atomic E-state index is 15.4. The Morgan fingerprint density at radius 3 is 2.65 bits per heavy atom. The molecule has 0 aliphatic rings. The number of carbonyl (C=O) groups is 1. The first-order valence-corrected chi connectivity index (χ1v) is 13.0. The van der Waals surface area contributed by atoms with Crippen LogP contribution < -0.4 is 5.73 Å². The number of aromatic nitrogens is 2. The summed E-state index contributed by atoms with van der Waals surface area (Å²) in [5.74, 6) is -0.703. The summed E-state index contributed by atoms with van der Waals surface area (Å²) in [4.78, 5) is 20.1. The second kappa shape index (κ2) is 11.9. The lowest BCUT2D eigenvalue weighted by Crippen LogP contribution is -2.24. The Morgan fingerprint density at radius 1 is 1.30 bits per heavy atom. The van der Waals surface area contributed by atoms with Crippen molar-refractivity contribution < 1.29 is 13.9 Å². The maximum Gasteiger partial charge on any atom is 0.436 e. The molecule has 0 aliphatic heterocycles. The van der Waals surface area contributed by atoms with Gasteiger partial charge in [-0.15, -0.1) is 0 Å². The monoisotopic (exact) mass is 526 g/mol. The molecule has 3 rings (SSSR count). The number of rotatable bonds is 8. The number of aliphatic imine (C=N–C) groups is 1. The molecule has 0 bridgehead atoms. The van der Waals surface area contributed by atoms with Gasteiger partial charge in [-0.25, -0.2) is 9.18 Å². The minimum Gasteiger partial charge on any atom is -0.442 e. The number of unbranched alkanes of at least 4 members (excludes halogenated alkanes) is 2. The third-order valence-corrected chi connectivity index (χ3v) is 6.54. The van der Waals surface area contributed by atoms with Gasteiger partial charge in [-0.2, -0.15) is 4.99 Å². The van der Waals surface area contributed by atoms with Crippen LogP contribution in [0.3, 0.4) is 0 Å². The van der Waals surface area contributed by atoms with Crippen LogP contribution in [0.5, 0.6) is 0 Å². The SMILES string of the molecule is CC=C(CCCCC)c1c(C)n(Cc2c(F)cc(C(N)=NC(=O)OC(C)(C)C)cc2Cl)c2cnccc12. The zero-order valence-corrected chi connectivity index (χ0v) is 23.2. The van der Waals surface area contributed by atoms with Crippen molar-refractivity contribution in [3.63, 3.8) is 0 Å². The molecule has 1 amide bonds. The number of amides is 1. The summed E-state index contributed by atoms with van der Waals surface area (Å²) >= 11 is 6.55. The number of pyridine rings is 1.